The van der Waals surface area contributed by atoms with Crippen LogP contribution in [0.3, 0.4) is 0 Å². The van der Waals surface area contributed by atoms with Gasteiger partial charge in [-0.15, -0.1) is 0 Å². The highest BCUT2D eigenvalue weighted by atomic mass is 35.5. The van der Waals surface area contributed by atoms with Crippen LogP contribution in [0.4, 0.5) is 18.9 Å². The number of benzene rings is 3. The minimum absolute atomic E-state index is 0.0669. The largest absolute Gasteiger partial charge is 0.489 e. The molecule has 0 saturated carbocycles. The molecule has 162 valence electrons. The summed E-state index contributed by atoms with van der Waals surface area (Å²) in [5, 5.41) is 12.3. The van der Waals surface area contributed by atoms with Gasteiger partial charge in [0.15, 0.2) is 0 Å². The molecule has 1 amide bonds. The second kappa shape index (κ2) is 10.0. The van der Waals surface area contributed by atoms with E-state index in [2.05, 4.69) is 5.32 Å². The van der Waals surface area contributed by atoms with E-state index in [9.17, 15) is 23.2 Å². The van der Waals surface area contributed by atoms with Crippen molar-refractivity contribution in [2.45, 2.75) is 12.8 Å². The number of alkyl halides is 3. The maximum absolute atomic E-state index is 12.9. The Kier molecular flexibility index (Phi) is 7.18. The minimum Gasteiger partial charge on any atom is -0.489 e. The van der Waals surface area contributed by atoms with Gasteiger partial charge in [-0.25, -0.2) is 0 Å². The minimum atomic E-state index is -4.54. The molecule has 4 nitrogen and oxygen atoms in total. The summed E-state index contributed by atoms with van der Waals surface area (Å²) in [6.45, 7) is 0.230. The topological polar surface area (TPSA) is 62.1 Å². The van der Waals surface area contributed by atoms with E-state index in [1.54, 1.807) is 36.4 Å². The molecule has 1 N–H and O–H groups in total. The Morgan fingerprint density at radius 3 is 2.53 bits per heavy atom. The smallest absolute Gasteiger partial charge is 0.416 e. The Bertz CT molecular complexity index is 1200. The number of rotatable bonds is 6. The number of nitrogens with one attached hydrogen (secondary N) is 1. The molecule has 0 aromatic heterocycles. The summed E-state index contributed by atoms with van der Waals surface area (Å²) in [6.07, 6.45) is -3.22. The second-order valence-corrected chi connectivity index (χ2v) is 7.06. The molecule has 0 spiro atoms. The van der Waals surface area contributed by atoms with E-state index in [0.717, 1.165) is 17.7 Å². The third-order valence-corrected chi connectivity index (χ3v) is 4.70. The van der Waals surface area contributed by atoms with Crippen LogP contribution < -0.4 is 10.1 Å². The first kappa shape index (κ1) is 22.9. The monoisotopic (exact) mass is 456 g/mol. The van der Waals surface area contributed by atoms with Gasteiger partial charge in [0.2, 0.25) is 0 Å². The Morgan fingerprint density at radius 1 is 1.06 bits per heavy atom. The van der Waals surface area contributed by atoms with E-state index in [1.165, 1.54) is 18.2 Å². The third kappa shape index (κ3) is 6.13. The summed E-state index contributed by atoms with van der Waals surface area (Å²) in [4.78, 5) is 12.4. The second-order valence-electron chi connectivity index (χ2n) is 6.66. The molecule has 0 heterocycles. The summed E-state index contributed by atoms with van der Waals surface area (Å²) in [5.41, 5.74) is 0.0697. The number of halogens is 4. The van der Waals surface area contributed by atoms with Gasteiger partial charge in [0, 0.05) is 16.3 Å². The Labute approximate surface area is 187 Å². The van der Waals surface area contributed by atoms with Crippen molar-refractivity contribution >= 4 is 29.3 Å². The highest BCUT2D eigenvalue weighted by Crippen LogP contribution is 2.30. The fourth-order valence-corrected chi connectivity index (χ4v) is 2.95. The molecule has 3 rings (SSSR count). The zero-order chi connectivity index (χ0) is 23.1. The fourth-order valence-electron chi connectivity index (χ4n) is 2.76. The van der Waals surface area contributed by atoms with Crippen molar-refractivity contribution in [3.63, 3.8) is 0 Å². The molecule has 0 aliphatic rings. The number of anilines is 1. The fraction of sp³-hybridized carbons (Fsp3) is 0.0833. The lowest BCUT2D eigenvalue weighted by Crippen LogP contribution is -2.14. The average molecular weight is 457 g/mol. The quantitative estimate of drug-likeness (QED) is 0.341. The van der Waals surface area contributed by atoms with Crippen LogP contribution in [0.15, 0.2) is 78.4 Å². The molecule has 32 heavy (non-hydrogen) atoms. The summed E-state index contributed by atoms with van der Waals surface area (Å²) in [6, 6.07) is 19.9. The van der Waals surface area contributed by atoms with E-state index in [4.69, 9.17) is 16.3 Å². The standard InChI is InChI=1S/C24H16ClF3N2O2/c25-22-10-2-1-6-17(22)15-32-21-9-3-5-16(12-21)11-18(14-29)23(31)30-20-8-4-7-19(13-20)24(26,27)28/h1-13H,15H2,(H,30,31)/b18-11-. The highest BCUT2D eigenvalue weighted by molar-refractivity contribution is 6.31. The number of carbonyl (C=O) groups is 1. The normalized spacial score (nSPS) is 11.5. The maximum atomic E-state index is 12.9. The van der Waals surface area contributed by atoms with Gasteiger partial charge in [0.1, 0.15) is 24.0 Å². The number of nitriles is 1. The van der Waals surface area contributed by atoms with Gasteiger partial charge in [-0.1, -0.05) is 48.0 Å². The lowest BCUT2D eigenvalue weighted by Gasteiger charge is -2.10. The Balaban J connectivity index is 1.73. The van der Waals surface area contributed by atoms with Crippen LogP contribution in [-0.4, -0.2) is 5.91 Å². The van der Waals surface area contributed by atoms with E-state index >= 15 is 0 Å². The molecule has 0 aliphatic carbocycles. The first-order valence-electron chi connectivity index (χ1n) is 9.33. The van der Waals surface area contributed by atoms with Gasteiger partial charge in [0.05, 0.1) is 5.56 Å². The van der Waals surface area contributed by atoms with E-state index in [1.807, 2.05) is 18.2 Å². The zero-order valence-electron chi connectivity index (χ0n) is 16.5. The predicted molar refractivity (Wildman–Crippen MR) is 116 cm³/mol. The van der Waals surface area contributed by atoms with Gasteiger partial charge in [-0.05, 0) is 48.0 Å². The first-order valence-corrected chi connectivity index (χ1v) is 9.71. The summed E-state index contributed by atoms with van der Waals surface area (Å²) in [5.74, 6) is -0.330. The Morgan fingerprint density at radius 2 is 1.81 bits per heavy atom. The molecule has 0 bridgehead atoms. The van der Waals surface area contributed by atoms with Crippen molar-refractivity contribution in [2.75, 3.05) is 5.32 Å². The molecule has 0 saturated heterocycles. The lowest BCUT2D eigenvalue weighted by molar-refractivity contribution is -0.137. The maximum Gasteiger partial charge on any atom is 0.416 e. The number of nitrogens with zero attached hydrogens (tertiary/aromatic N) is 1. The predicted octanol–water partition coefficient (Wildman–Crippen LogP) is 6.48. The van der Waals surface area contributed by atoms with Crippen molar-refractivity contribution in [1.29, 1.82) is 5.26 Å². The van der Waals surface area contributed by atoms with Crippen molar-refractivity contribution in [1.82, 2.24) is 0 Å². The van der Waals surface area contributed by atoms with Crippen molar-refractivity contribution in [2.24, 2.45) is 0 Å². The molecule has 3 aromatic carbocycles. The molecule has 8 heteroatoms. The lowest BCUT2D eigenvalue weighted by atomic mass is 10.1. The number of hydrogen-bond donors (Lipinski definition) is 1. The molecular formula is C24H16ClF3N2O2. The van der Waals surface area contributed by atoms with Gasteiger partial charge in [0.25, 0.3) is 5.91 Å². The number of carbonyl (C=O) groups excluding carboxylic acids is 1. The van der Waals surface area contributed by atoms with Crippen LogP contribution in [0.5, 0.6) is 5.75 Å². The van der Waals surface area contributed by atoms with Gasteiger partial charge >= 0.3 is 6.18 Å². The summed E-state index contributed by atoms with van der Waals surface area (Å²) in [7, 11) is 0. The molecule has 0 fully saturated rings. The van der Waals surface area contributed by atoms with E-state index in [-0.39, 0.29) is 17.9 Å². The van der Waals surface area contributed by atoms with Crippen LogP contribution in [0.2, 0.25) is 5.02 Å². The van der Waals surface area contributed by atoms with E-state index < -0.39 is 17.6 Å². The van der Waals surface area contributed by atoms with Crippen molar-refractivity contribution < 1.29 is 22.7 Å². The van der Waals surface area contributed by atoms with Crippen molar-refractivity contribution in [3.8, 4) is 11.8 Å². The van der Waals surface area contributed by atoms with Gasteiger partial charge in [-0.3, -0.25) is 4.79 Å². The van der Waals surface area contributed by atoms with Crippen LogP contribution in [0.1, 0.15) is 16.7 Å². The molecule has 3 aromatic rings. The first-order chi connectivity index (χ1) is 15.3. The van der Waals surface area contributed by atoms with Gasteiger partial charge < -0.3 is 10.1 Å². The summed E-state index contributed by atoms with van der Waals surface area (Å²) >= 11 is 6.11. The van der Waals surface area contributed by atoms with Gasteiger partial charge in [-0.2, -0.15) is 18.4 Å². The van der Waals surface area contributed by atoms with E-state index in [0.29, 0.717) is 16.3 Å². The average Bonchev–Trinajstić information content (AvgIpc) is 2.77. The molecule has 0 unspecified atom stereocenters. The molecule has 0 aliphatic heterocycles. The molecular weight excluding hydrogens is 441 g/mol. The number of hydrogen-bond acceptors (Lipinski definition) is 3. The Hall–Kier alpha value is -3.76. The number of amides is 1. The van der Waals surface area contributed by atoms with Crippen LogP contribution in [-0.2, 0) is 17.6 Å². The molecule has 0 radical (unpaired) electrons. The van der Waals surface area contributed by atoms with Crippen molar-refractivity contribution in [3.05, 3.63) is 100 Å². The van der Waals surface area contributed by atoms with Crippen LogP contribution in [0.25, 0.3) is 6.08 Å². The SMILES string of the molecule is N#C/C(=C/c1cccc(OCc2ccccc2Cl)c1)C(=O)Nc1cccc(C(F)(F)F)c1. The molecule has 0 atom stereocenters. The third-order valence-electron chi connectivity index (χ3n) is 4.33. The zero-order valence-corrected chi connectivity index (χ0v) is 17.2. The summed E-state index contributed by atoms with van der Waals surface area (Å²) < 4.78 is 44.3. The number of ether oxygens (including phenoxy) is 1. The highest BCUT2D eigenvalue weighted by Gasteiger charge is 2.30. The van der Waals surface area contributed by atoms with Crippen LogP contribution >= 0.6 is 11.6 Å². The van der Waals surface area contributed by atoms with Crippen LogP contribution in [0, 0.1) is 11.3 Å².